The first-order valence-electron chi connectivity index (χ1n) is 9.20. The number of aliphatic carboxylic acids is 1. The van der Waals surface area contributed by atoms with Crippen molar-refractivity contribution >= 4 is 11.8 Å². The third-order valence-electron chi connectivity index (χ3n) is 4.42. The number of rotatable bonds is 10. The SMILES string of the molecule is CNc1cccc(CCOc2ccc(CC(CC(=O)O)c3ncc[nH]3)cc2)n1. The number of ether oxygens (including phenoxy) is 1. The van der Waals surface area contributed by atoms with E-state index >= 15 is 0 Å². The first-order valence-corrected chi connectivity index (χ1v) is 9.20. The summed E-state index contributed by atoms with van der Waals surface area (Å²) in [5, 5.41) is 12.2. The number of imidazole rings is 1. The van der Waals surface area contributed by atoms with Crippen molar-refractivity contribution < 1.29 is 14.6 Å². The van der Waals surface area contributed by atoms with Gasteiger partial charge in [0.25, 0.3) is 0 Å². The summed E-state index contributed by atoms with van der Waals surface area (Å²) in [6.45, 7) is 0.535. The number of anilines is 1. The molecule has 2 heterocycles. The minimum absolute atomic E-state index is 0.0322. The van der Waals surface area contributed by atoms with Crippen molar-refractivity contribution in [1.82, 2.24) is 15.0 Å². The van der Waals surface area contributed by atoms with Crippen LogP contribution < -0.4 is 10.1 Å². The van der Waals surface area contributed by atoms with Crippen molar-refractivity contribution in [2.24, 2.45) is 0 Å². The second-order valence-corrected chi connectivity index (χ2v) is 6.48. The number of nitrogens with zero attached hydrogens (tertiary/aromatic N) is 2. The highest BCUT2D eigenvalue weighted by Gasteiger charge is 2.18. The molecular weight excluding hydrogens is 356 g/mol. The average Bonchev–Trinajstić information content (AvgIpc) is 3.23. The normalized spacial score (nSPS) is 11.8. The van der Waals surface area contributed by atoms with Gasteiger partial charge in [-0.2, -0.15) is 0 Å². The van der Waals surface area contributed by atoms with Crippen LogP contribution in [0.4, 0.5) is 5.82 Å². The molecule has 28 heavy (non-hydrogen) atoms. The van der Waals surface area contributed by atoms with Crippen LogP contribution in [-0.2, 0) is 17.6 Å². The molecule has 0 aliphatic rings. The van der Waals surface area contributed by atoms with Gasteiger partial charge in [-0.3, -0.25) is 4.79 Å². The van der Waals surface area contributed by atoms with Gasteiger partial charge in [0.1, 0.15) is 17.4 Å². The predicted octanol–water partition coefficient (Wildman–Crippen LogP) is 3.27. The van der Waals surface area contributed by atoms with Crippen molar-refractivity contribution in [3.05, 3.63) is 71.9 Å². The fraction of sp³-hybridized carbons (Fsp3) is 0.286. The number of hydrogen-bond acceptors (Lipinski definition) is 5. The molecule has 0 saturated carbocycles. The minimum Gasteiger partial charge on any atom is -0.493 e. The number of carboxylic acid groups (broad SMARTS) is 1. The maximum Gasteiger partial charge on any atom is 0.304 e. The van der Waals surface area contributed by atoms with Gasteiger partial charge in [-0.05, 0) is 36.2 Å². The molecule has 1 atom stereocenters. The monoisotopic (exact) mass is 380 g/mol. The molecule has 0 amide bonds. The second-order valence-electron chi connectivity index (χ2n) is 6.48. The molecule has 7 nitrogen and oxygen atoms in total. The van der Waals surface area contributed by atoms with E-state index in [1.165, 1.54) is 0 Å². The molecule has 1 aromatic carbocycles. The molecule has 3 rings (SSSR count). The number of H-pyrrole nitrogens is 1. The molecule has 2 aromatic heterocycles. The first-order chi connectivity index (χ1) is 13.6. The molecule has 0 fully saturated rings. The van der Waals surface area contributed by atoms with Crippen LogP contribution in [-0.4, -0.2) is 39.7 Å². The Hall–Kier alpha value is -3.35. The summed E-state index contributed by atoms with van der Waals surface area (Å²) in [4.78, 5) is 22.9. The van der Waals surface area contributed by atoms with Crippen LogP contribution >= 0.6 is 0 Å². The highest BCUT2D eigenvalue weighted by molar-refractivity contribution is 5.67. The van der Waals surface area contributed by atoms with Gasteiger partial charge in [-0.1, -0.05) is 18.2 Å². The van der Waals surface area contributed by atoms with E-state index in [-0.39, 0.29) is 12.3 Å². The Morgan fingerprint density at radius 3 is 2.75 bits per heavy atom. The largest absolute Gasteiger partial charge is 0.493 e. The zero-order valence-corrected chi connectivity index (χ0v) is 15.8. The Morgan fingerprint density at radius 2 is 2.07 bits per heavy atom. The average molecular weight is 380 g/mol. The van der Waals surface area contributed by atoms with E-state index in [1.54, 1.807) is 12.4 Å². The quantitative estimate of drug-likeness (QED) is 0.499. The third kappa shape index (κ3) is 5.57. The number of pyridine rings is 1. The predicted molar refractivity (Wildman–Crippen MR) is 107 cm³/mol. The van der Waals surface area contributed by atoms with E-state index in [9.17, 15) is 4.79 Å². The zero-order valence-electron chi connectivity index (χ0n) is 15.8. The molecule has 7 heteroatoms. The smallest absolute Gasteiger partial charge is 0.304 e. The third-order valence-corrected chi connectivity index (χ3v) is 4.42. The van der Waals surface area contributed by atoms with Gasteiger partial charge >= 0.3 is 5.97 Å². The van der Waals surface area contributed by atoms with Crippen molar-refractivity contribution in [2.45, 2.75) is 25.2 Å². The van der Waals surface area contributed by atoms with E-state index in [0.717, 1.165) is 29.2 Å². The Labute approximate surface area is 163 Å². The van der Waals surface area contributed by atoms with E-state index < -0.39 is 5.97 Å². The molecule has 0 bridgehead atoms. The van der Waals surface area contributed by atoms with Crippen LogP contribution in [0.2, 0.25) is 0 Å². The molecule has 3 N–H and O–H groups in total. The minimum atomic E-state index is -0.836. The summed E-state index contributed by atoms with van der Waals surface area (Å²) < 4.78 is 5.81. The van der Waals surface area contributed by atoms with Gasteiger partial charge in [0.2, 0.25) is 0 Å². The summed E-state index contributed by atoms with van der Waals surface area (Å²) in [7, 11) is 1.84. The lowest BCUT2D eigenvalue weighted by molar-refractivity contribution is -0.137. The standard InChI is InChI=1S/C21H24N4O3/c1-22-19-4-2-3-17(25-19)9-12-28-18-7-5-15(6-8-18)13-16(14-20(26)27)21-23-10-11-24-21/h2-8,10-11,16H,9,12-14H2,1H3,(H,22,25)(H,23,24)(H,26,27). The molecule has 0 aliphatic heterocycles. The lowest BCUT2D eigenvalue weighted by Crippen LogP contribution is -2.11. The molecule has 1 unspecified atom stereocenters. The Kier molecular flexibility index (Phi) is 6.62. The molecular formula is C21H24N4O3. The van der Waals surface area contributed by atoms with Crippen LogP contribution in [0.1, 0.15) is 29.4 Å². The number of nitrogens with one attached hydrogen (secondary N) is 2. The van der Waals surface area contributed by atoms with E-state index in [1.807, 2.05) is 49.5 Å². The van der Waals surface area contributed by atoms with E-state index in [4.69, 9.17) is 9.84 Å². The fourth-order valence-corrected chi connectivity index (χ4v) is 3.01. The summed E-state index contributed by atoms with van der Waals surface area (Å²) in [6.07, 6.45) is 4.70. The van der Waals surface area contributed by atoms with Gasteiger partial charge in [0, 0.05) is 37.5 Å². The molecule has 146 valence electrons. The van der Waals surface area contributed by atoms with Crippen molar-refractivity contribution in [3.63, 3.8) is 0 Å². The number of carbonyl (C=O) groups is 1. The number of aromatic amines is 1. The Balaban J connectivity index is 1.54. The van der Waals surface area contributed by atoms with Gasteiger partial charge in [-0.15, -0.1) is 0 Å². The number of aromatic nitrogens is 3. The van der Waals surface area contributed by atoms with Crippen molar-refractivity contribution in [3.8, 4) is 5.75 Å². The molecule has 0 radical (unpaired) electrons. The Morgan fingerprint density at radius 1 is 1.25 bits per heavy atom. The van der Waals surface area contributed by atoms with Gasteiger partial charge < -0.3 is 20.1 Å². The van der Waals surface area contributed by atoms with Crippen LogP contribution in [0.5, 0.6) is 5.75 Å². The summed E-state index contributed by atoms with van der Waals surface area (Å²) in [5.74, 6) is 1.29. The Bertz CT molecular complexity index is 879. The molecule has 3 aromatic rings. The highest BCUT2D eigenvalue weighted by atomic mass is 16.5. The number of benzene rings is 1. The summed E-state index contributed by atoms with van der Waals surface area (Å²) >= 11 is 0. The maximum absolute atomic E-state index is 11.2. The van der Waals surface area contributed by atoms with Gasteiger partial charge in [0.15, 0.2) is 0 Å². The molecule has 0 aliphatic carbocycles. The van der Waals surface area contributed by atoms with Crippen LogP contribution in [0.15, 0.2) is 54.9 Å². The number of carboxylic acids is 1. The lowest BCUT2D eigenvalue weighted by atomic mass is 9.95. The lowest BCUT2D eigenvalue weighted by Gasteiger charge is -2.13. The highest BCUT2D eigenvalue weighted by Crippen LogP contribution is 2.23. The zero-order chi connectivity index (χ0) is 19.8. The van der Waals surface area contributed by atoms with Crippen LogP contribution in [0.3, 0.4) is 0 Å². The second kappa shape index (κ2) is 9.55. The first kappa shape index (κ1) is 19.4. The summed E-state index contributed by atoms with van der Waals surface area (Å²) in [6, 6.07) is 13.6. The van der Waals surface area contributed by atoms with E-state index in [0.29, 0.717) is 18.9 Å². The number of hydrogen-bond donors (Lipinski definition) is 3. The van der Waals surface area contributed by atoms with Crippen LogP contribution in [0, 0.1) is 0 Å². The fourth-order valence-electron chi connectivity index (χ4n) is 3.01. The topological polar surface area (TPSA) is 100 Å². The summed E-state index contributed by atoms with van der Waals surface area (Å²) in [5.41, 5.74) is 2.01. The van der Waals surface area contributed by atoms with Gasteiger partial charge in [0.05, 0.1) is 13.0 Å². The van der Waals surface area contributed by atoms with E-state index in [2.05, 4.69) is 20.3 Å². The van der Waals surface area contributed by atoms with Gasteiger partial charge in [-0.25, -0.2) is 9.97 Å². The molecule has 0 spiro atoms. The maximum atomic E-state index is 11.2. The van der Waals surface area contributed by atoms with Crippen LogP contribution in [0.25, 0.3) is 0 Å². The van der Waals surface area contributed by atoms with Crippen molar-refractivity contribution in [1.29, 1.82) is 0 Å². The molecule has 0 saturated heterocycles. The van der Waals surface area contributed by atoms with Crippen molar-refractivity contribution in [2.75, 3.05) is 19.0 Å².